The second-order valence-corrected chi connectivity index (χ2v) is 13.3. The predicted octanol–water partition coefficient (Wildman–Crippen LogP) is 6.38. The number of halogens is 2. The monoisotopic (exact) mass is 681 g/mol. The van der Waals surface area contributed by atoms with Gasteiger partial charge in [-0.3, -0.25) is 13.9 Å². The van der Waals surface area contributed by atoms with Crippen LogP contribution in [0.2, 0.25) is 5.02 Å². The lowest BCUT2D eigenvalue weighted by Crippen LogP contribution is -2.53. The van der Waals surface area contributed by atoms with Gasteiger partial charge in [-0.15, -0.1) is 0 Å². The van der Waals surface area contributed by atoms with E-state index in [1.54, 1.807) is 60.7 Å². The molecule has 224 valence electrons. The van der Waals surface area contributed by atoms with E-state index in [0.717, 1.165) is 25.5 Å². The Morgan fingerprint density at radius 1 is 0.860 bits per heavy atom. The molecule has 0 fully saturated rings. The molecule has 1 unspecified atom stereocenters. The fourth-order valence-electron chi connectivity index (χ4n) is 4.61. The minimum atomic E-state index is -4.15. The number of nitrogens with one attached hydrogen (secondary N) is 1. The zero-order valence-corrected chi connectivity index (χ0v) is 27.1. The molecule has 0 saturated heterocycles. The SMILES string of the molecule is CCNC(=O)C(Cc1ccccc1)N(Cc1ccc(Cl)cc1)C(=O)CN(c1ccc(Br)cc1)S(=O)(=O)c1ccc(C)cc1. The van der Waals surface area contributed by atoms with Gasteiger partial charge in [0.15, 0.2) is 0 Å². The quantitative estimate of drug-likeness (QED) is 0.188. The Morgan fingerprint density at radius 2 is 1.49 bits per heavy atom. The van der Waals surface area contributed by atoms with Gasteiger partial charge in [-0.2, -0.15) is 0 Å². The molecule has 0 spiro atoms. The van der Waals surface area contributed by atoms with Gasteiger partial charge in [0.25, 0.3) is 10.0 Å². The Hall–Kier alpha value is -3.66. The third-order valence-corrected chi connectivity index (χ3v) is 9.46. The smallest absolute Gasteiger partial charge is 0.264 e. The molecule has 0 aliphatic heterocycles. The van der Waals surface area contributed by atoms with Crippen LogP contribution < -0.4 is 9.62 Å². The lowest BCUT2D eigenvalue weighted by Gasteiger charge is -2.33. The van der Waals surface area contributed by atoms with Gasteiger partial charge >= 0.3 is 0 Å². The second-order valence-electron chi connectivity index (χ2n) is 10.0. The molecule has 0 heterocycles. The van der Waals surface area contributed by atoms with Crippen molar-refractivity contribution in [1.82, 2.24) is 10.2 Å². The van der Waals surface area contributed by atoms with Gasteiger partial charge in [-0.25, -0.2) is 8.42 Å². The van der Waals surface area contributed by atoms with Gasteiger partial charge in [0.1, 0.15) is 12.6 Å². The number of hydrogen-bond acceptors (Lipinski definition) is 4. The predicted molar refractivity (Wildman–Crippen MR) is 174 cm³/mol. The molecule has 0 saturated carbocycles. The highest BCUT2D eigenvalue weighted by Gasteiger charge is 2.34. The van der Waals surface area contributed by atoms with Crippen molar-refractivity contribution >= 4 is 55.1 Å². The van der Waals surface area contributed by atoms with Crippen LogP contribution in [-0.4, -0.2) is 44.3 Å². The molecule has 4 aromatic rings. The molecular formula is C33H33BrClN3O4S. The van der Waals surface area contributed by atoms with Crippen molar-refractivity contribution in [3.8, 4) is 0 Å². The van der Waals surface area contributed by atoms with E-state index in [2.05, 4.69) is 21.2 Å². The molecule has 1 N–H and O–H groups in total. The molecule has 0 bridgehead atoms. The van der Waals surface area contributed by atoms with Crippen molar-refractivity contribution in [3.63, 3.8) is 0 Å². The zero-order chi connectivity index (χ0) is 31.0. The number of carbonyl (C=O) groups excluding carboxylic acids is 2. The molecule has 43 heavy (non-hydrogen) atoms. The van der Waals surface area contributed by atoms with Crippen LogP contribution >= 0.6 is 27.5 Å². The van der Waals surface area contributed by atoms with E-state index in [1.165, 1.54) is 17.0 Å². The number of anilines is 1. The molecule has 4 aromatic carbocycles. The topological polar surface area (TPSA) is 86.8 Å². The van der Waals surface area contributed by atoms with Crippen molar-refractivity contribution in [3.05, 3.63) is 129 Å². The standard InChI is InChI=1S/C33H33BrClN3O4S/c1-3-36-33(40)31(21-25-7-5-4-6-8-25)37(22-26-11-15-28(35)16-12-26)32(39)23-38(29-17-13-27(34)14-18-29)43(41,42)30-19-9-24(2)10-20-30/h4-20,31H,3,21-23H2,1-2H3,(H,36,40). The maximum absolute atomic E-state index is 14.3. The second kappa shape index (κ2) is 14.7. The van der Waals surface area contributed by atoms with E-state index in [0.29, 0.717) is 17.3 Å². The van der Waals surface area contributed by atoms with Crippen LogP contribution in [0.5, 0.6) is 0 Å². The van der Waals surface area contributed by atoms with Crippen molar-refractivity contribution in [2.24, 2.45) is 0 Å². The molecule has 0 radical (unpaired) electrons. The summed E-state index contributed by atoms with van der Waals surface area (Å²) in [6.45, 7) is 3.61. The van der Waals surface area contributed by atoms with E-state index in [4.69, 9.17) is 11.6 Å². The first kappa shape index (κ1) is 32.3. The number of sulfonamides is 1. The molecular weight excluding hydrogens is 650 g/mol. The van der Waals surface area contributed by atoms with E-state index < -0.39 is 28.5 Å². The third kappa shape index (κ3) is 8.46. The Balaban J connectivity index is 1.78. The average molecular weight is 683 g/mol. The van der Waals surface area contributed by atoms with Gasteiger partial charge in [-0.1, -0.05) is 87.7 Å². The third-order valence-electron chi connectivity index (χ3n) is 6.89. The number of rotatable bonds is 12. The summed E-state index contributed by atoms with van der Waals surface area (Å²) >= 11 is 9.52. The molecule has 1 atom stereocenters. The zero-order valence-electron chi connectivity index (χ0n) is 23.9. The summed E-state index contributed by atoms with van der Waals surface area (Å²) in [5.74, 6) is -0.856. The van der Waals surface area contributed by atoms with Crippen molar-refractivity contribution in [1.29, 1.82) is 0 Å². The van der Waals surface area contributed by atoms with Crippen molar-refractivity contribution < 1.29 is 18.0 Å². The Morgan fingerprint density at radius 3 is 2.09 bits per heavy atom. The van der Waals surface area contributed by atoms with Crippen molar-refractivity contribution in [2.45, 2.75) is 37.8 Å². The molecule has 10 heteroatoms. The molecule has 0 aromatic heterocycles. The van der Waals surface area contributed by atoms with Gasteiger partial charge in [0.2, 0.25) is 11.8 Å². The van der Waals surface area contributed by atoms with E-state index in [1.807, 2.05) is 44.2 Å². The maximum atomic E-state index is 14.3. The van der Waals surface area contributed by atoms with E-state index >= 15 is 0 Å². The number of amides is 2. The maximum Gasteiger partial charge on any atom is 0.264 e. The highest BCUT2D eigenvalue weighted by Crippen LogP contribution is 2.27. The highest BCUT2D eigenvalue weighted by molar-refractivity contribution is 9.10. The molecule has 0 aliphatic rings. The summed E-state index contributed by atoms with van der Waals surface area (Å²) in [6.07, 6.45) is 0.245. The Kier molecular flexibility index (Phi) is 11.0. The van der Waals surface area contributed by atoms with Crippen LogP contribution in [0.1, 0.15) is 23.6 Å². The van der Waals surface area contributed by atoms with Gasteiger partial charge in [0, 0.05) is 29.0 Å². The summed E-state index contributed by atoms with van der Waals surface area (Å²) in [5.41, 5.74) is 2.84. The van der Waals surface area contributed by atoms with Crippen LogP contribution in [-0.2, 0) is 32.6 Å². The summed E-state index contributed by atoms with van der Waals surface area (Å²) in [6, 6.07) is 28.7. The van der Waals surface area contributed by atoms with Crippen LogP contribution in [0.25, 0.3) is 0 Å². The van der Waals surface area contributed by atoms with Crippen LogP contribution in [0.4, 0.5) is 5.69 Å². The lowest BCUT2D eigenvalue weighted by atomic mass is 10.0. The number of aryl methyl sites for hydroxylation is 1. The highest BCUT2D eigenvalue weighted by atomic mass is 79.9. The summed E-state index contributed by atoms with van der Waals surface area (Å²) in [4.78, 5) is 29.4. The van der Waals surface area contributed by atoms with Crippen LogP contribution in [0, 0.1) is 6.92 Å². The molecule has 4 rings (SSSR count). The number of benzene rings is 4. The Bertz CT molecular complexity index is 1630. The van der Waals surface area contributed by atoms with Gasteiger partial charge in [0.05, 0.1) is 10.6 Å². The summed E-state index contributed by atoms with van der Waals surface area (Å²) in [7, 11) is -4.15. The average Bonchev–Trinajstić information content (AvgIpc) is 3.00. The molecule has 7 nitrogen and oxygen atoms in total. The minimum Gasteiger partial charge on any atom is -0.355 e. The van der Waals surface area contributed by atoms with Crippen molar-refractivity contribution in [2.75, 3.05) is 17.4 Å². The van der Waals surface area contributed by atoms with Crippen LogP contribution in [0.3, 0.4) is 0 Å². The first-order valence-corrected chi connectivity index (χ1v) is 16.4. The first-order valence-electron chi connectivity index (χ1n) is 13.8. The fraction of sp³-hybridized carbons (Fsp3) is 0.212. The van der Waals surface area contributed by atoms with Gasteiger partial charge < -0.3 is 10.2 Å². The number of likely N-dealkylation sites (N-methyl/N-ethyl adjacent to an activating group) is 1. The Labute approximate surface area is 266 Å². The van der Waals surface area contributed by atoms with Crippen LogP contribution in [0.15, 0.2) is 112 Å². The minimum absolute atomic E-state index is 0.0580. The summed E-state index contributed by atoms with van der Waals surface area (Å²) < 4.78 is 29.9. The largest absolute Gasteiger partial charge is 0.355 e. The first-order chi connectivity index (χ1) is 20.6. The molecule has 0 aliphatic carbocycles. The van der Waals surface area contributed by atoms with E-state index in [-0.39, 0.29) is 23.8 Å². The number of carbonyl (C=O) groups is 2. The fourth-order valence-corrected chi connectivity index (χ4v) is 6.41. The van der Waals surface area contributed by atoms with E-state index in [9.17, 15) is 18.0 Å². The lowest BCUT2D eigenvalue weighted by molar-refractivity contribution is -0.140. The number of hydrogen-bond donors (Lipinski definition) is 1. The number of nitrogens with zero attached hydrogens (tertiary/aromatic N) is 2. The normalized spacial score (nSPS) is 11.9. The van der Waals surface area contributed by atoms with Gasteiger partial charge in [-0.05, 0) is 73.5 Å². The summed E-state index contributed by atoms with van der Waals surface area (Å²) in [5, 5.41) is 3.40. The molecule has 2 amide bonds.